The lowest BCUT2D eigenvalue weighted by molar-refractivity contribution is -0.274. The molecular formula is C25H26F3N3O5. The molecule has 2 aromatic rings. The summed E-state index contributed by atoms with van der Waals surface area (Å²) in [6.07, 6.45) is -3.94. The highest BCUT2D eigenvalue weighted by Gasteiger charge is 2.43. The molecule has 8 nitrogen and oxygen atoms in total. The Labute approximate surface area is 205 Å². The van der Waals surface area contributed by atoms with Crippen molar-refractivity contribution in [3.8, 4) is 5.75 Å². The third-order valence-electron chi connectivity index (χ3n) is 6.75. The summed E-state index contributed by atoms with van der Waals surface area (Å²) in [5, 5.41) is 9.28. The zero-order chi connectivity index (χ0) is 25.9. The summed E-state index contributed by atoms with van der Waals surface area (Å²) >= 11 is 0. The summed E-state index contributed by atoms with van der Waals surface area (Å²) in [6, 6.07) is 14.5. The molecule has 2 fully saturated rings. The lowest BCUT2D eigenvalue weighted by Crippen LogP contribution is -2.53. The van der Waals surface area contributed by atoms with Gasteiger partial charge < -0.3 is 14.5 Å². The summed E-state index contributed by atoms with van der Waals surface area (Å²) in [7, 11) is 0. The zero-order valence-electron chi connectivity index (χ0n) is 19.3. The average molecular weight is 505 g/mol. The minimum Gasteiger partial charge on any atom is -0.406 e. The van der Waals surface area contributed by atoms with Gasteiger partial charge in [0.1, 0.15) is 5.75 Å². The van der Waals surface area contributed by atoms with E-state index in [9.17, 15) is 32.8 Å². The fourth-order valence-corrected chi connectivity index (χ4v) is 4.98. The van der Waals surface area contributed by atoms with Crippen molar-refractivity contribution in [1.29, 1.82) is 0 Å². The Balaban J connectivity index is 1.45. The molecule has 3 amide bonds. The first-order valence-electron chi connectivity index (χ1n) is 11.6. The quantitative estimate of drug-likeness (QED) is 0.481. The van der Waals surface area contributed by atoms with Gasteiger partial charge in [0.2, 0.25) is 11.8 Å². The standard InChI is InChI=1S/C25H26F3N3O5/c26-25(27,28)36-19-8-4-7-17(13-19)23(33)31-12-10-20(21(15-31)22(32)29-35)24(34)30-11-9-18(14-30)16-5-2-1-3-6-16/h1-8,13,18,20-21,35H,9-12,14-15H2,(H,29,32)/t18-,20+,21+/m1/s1. The van der Waals surface area contributed by atoms with Gasteiger partial charge in [-0.2, -0.15) is 0 Å². The van der Waals surface area contributed by atoms with Gasteiger partial charge in [-0.1, -0.05) is 36.4 Å². The van der Waals surface area contributed by atoms with E-state index in [2.05, 4.69) is 4.74 Å². The molecule has 0 unspecified atom stereocenters. The predicted molar refractivity (Wildman–Crippen MR) is 121 cm³/mol. The van der Waals surface area contributed by atoms with Crippen molar-refractivity contribution >= 4 is 17.7 Å². The maximum absolute atomic E-state index is 13.4. The zero-order valence-corrected chi connectivity index (χ0v) is 19.3. The third kappa shape index (κ3) is 5.78. The fraction of sp³-hybridized carbons (Fsp3) is 0.400. The summed E-state index contributed by atoms with van der Waals surface area (Å²) in [5.74, 6) is -3.71. The first-order valence-corrected chi connectivity index (χ1v) is 11.6. The molecule has 0 saturated carbocycles. The second-order valence-corrected chi connectivity index (χ2v) is 8.99. The number of piperidine rings is 1. The minimum absolute atomic E-state index is 0.0464. The van der Waals surface area contributed by atoms with E-state index in [4.69, 9.17) is 0 Å². The molecule has 0 spiro atoms. The van der Waals surface area contributed by atoms with Crippen molar-refractivity contribution in [3.05, 3.63) is 65.7 Å². The van der Waals surface area contributed by atoms with Crippen LogP contribution < -0.4 is 10.2 Å². The number of benzene rings is 2. The number of nitrogens with zero attached hydrogens (tertiary/aromatic N) is 2. The van der Waals surface area contributed by atoms with Crippen LogP contribution in [0, 0.1) is 11.8 Å². The first-order chi connectivity index (χ1) is 17.2. The molecule has 0 bridgehead atoms. The van der Waals surface area contributed by atoms with E-state index in [1.807, 2.05) is 30.3 Å². The van der Waals surface area contributed by atoms with Crippen molar-refractivity contribution in [2.24, 2.45) is 11.8 Å². The third-order valence-corrected chi connectivity index (χ3v) is 6.75. The molecule has 0 aromatic heterocycles. The van der Waals surface area contributed by atoms with Crippen LogP contribution in [0.3, 0.4) is 0 Å². The molecule has 3 atom stereocenters. The number of nitrogens with one attached hydrogen (secondary N) is 1. The molecule has 2 saturated heterocycles. The molecule has 192 valence electrons. The number of hydrogen-bond donors (Lipinski definition) is 2. The van der Waals surface area contributed by atoms with Gasteiger partial charge in [-0.3, -0.25) is 19.6 Å². The molecule has 0 radical (unpaired) electrons. The molecule has 2 N–H and O–H groups in total. The Kier molecular flexibility index (Phi) is 7.48. The molecule has 4 rings (SSSR count). The van der Waals surface area contributed by atoms with Crippen LogP contribution in [0.15, 0.2) is 54.6 Å². The fourth-order valence-electron chi connectivity index (χ4n) is 4.98. The lowest BCUT2D eigenvalue weighted by atomic mass is 9.83. The van der Waals surface area contributed by atoms with Crippen molar-refractivity contribution in [3.63, 3.8) is 0 Å². The van der Waals surface area contributed by atoms with Crippen LogP contribution in [-0.2, 0) is 9.59 Å². The van der Waals surface area contributed by atoms with E-state index in [1.165, 1.54) is 17.0 Å². The lowest BCUT2D eigenvalue weighted by Gasteiger charge is -2.38. The highest BCUT2D eigenvalue weighted by molar-refractivity contribution is 5.96. The number of alkyl halides is 3. The number of ether oxygens (including phenoxy) is 1. The van der Waals surface area contributed by atoms with E-state index in [0.29, 0.717) is 13.1 Å². The Morgan fingerprint density at radius 2 is 1.64 bits per heavy atom. The molecule has 2 heterocycles. The van der Waals surface area contributed by atoms with Gasteiger partial charge in [-0.15, -0.1) is 13.2 Å². The normalized spacial score (nSPS) is 22.3. The van der Waals surface area contributed by atoms with Crippen LogP contribution in [0.4, 0.5) is 13.2 Å². The van der Waals surface area contributed by atoms with Crippen molar-refractivity contribution < 1.29 is 37.5 Å². The Morgan fingerprint density at radius 3 is 2.33 bits per heavy atom. The summed E-state index contributed by atoms with van der Waals surface area (Å²) < 4.78 is 41.5. The maximum atomic E-state index is 13.4. The SMILES string of the molecule is O=C(NO)[C@H]1CN(C(=O)c2cccc(OC(F)(F)F)c2)CC[C@@H]1C(=O)N1CC[C@@H](c2ccccc2)C1. The summed E-state index contributed by atoms with van der Waals surface area (Å²) in [4.78, 5) is 41.9. The van der Waals surface area contributed by atoms with Crippen LogP contribution in [0.2, 0.25) is 0 Å². The van der Waals surface area contributed by atoms with Gasteiger partial charge in [0, 0.05) is 37.7 Å². The molecule has 0 aliphatic carbocycles. The van der Waals surface area contributed by atoms with E-state index in [0.717, 1.165) is 24.1 Å². The average Bonchev–Trinajstić information content (AvgIpc) is 3.37. The van der Waals surface area contributed by atoms with Crippen LogP contribution in [0.1, 0.15) is 34.7 Å². The molecular weight excluding hydrogens is 479 g/mol. The van der Waals surface area contributed by atoms with Gasteiger partial charge in [0.15, 0.2) is 0 Å². The van der Waals surface area contributed by atoms with Gasteiger partial charge in [0.25, 0.3) is 5.91 Å². The van der Waals surface area contributed by atoms with E-state index in [-0.39, 0.29) is 36.9 Å². The molecule has 2 aliphatic heterocycles. The Bertz CT molecular complexity index is 1110. The van der Waals surface area contributed by atoms with Gasteiger partial charge in [0.05, 0.1) is 11.8 Å². The number of rotatable bonds is 5. The van der Waals surface area contributed by atoms with E-state index in [1.54, 1.807) is 10.4 Å². The minimum atomic E-state index is -4.90. The molecule has 11 heteroatoms. The largest absolute Gasteiger partial charge is 0.573 e. The second kappa shape index (κ2) is 10.6. The Hall–Kier alpha value is -3.60. The van der Waals surface area contributed by atoms with Gasteiger partial charge in [-0.25, -0.2) is 5.48 Å². The van der Waals surface area contributed by atoms with Crippen molar-refractivity contribution in [2.75, 3.05) is 26.2 Å². The molecule has 2 aromatic carbocycles. The number of hydroxylamine groups is 1. The van der Waals surface area contributed by atoms with Crippen molar-refractivity contribution in [1.82, 2.24) is 15.3 Å². The highest BCUT2D eigenvalue weighted by atomic mass is 19.4. The molecule has 36 heavy (non-hydrogen) atoms. The second-order valence-electron chi connectivity index (χ2n) is 8.99. The number of likely N-dealkylation sites (tertiary alicyclic amines) is 2. The topological polar surface area (TPSA) is 99.2 Å². The van der Waals surface area contributed by atoms with E-state index >= 15 is 0 Å². The number of carbonyl (C=O) groups is 3. The van der Waals surface area contributed by atoms with Crippen LogP contribution in [-0.4, -0.2) is 65.3 Å². The summed E-state index contributed by atoms with van der Waals surface area (Å²) in [6.45, 7) is 1.02. The number of amides is 3. The van der Waals surface area contributed by atoms with Crippen LogP contribution in [0.25, 0.3) is 0 Å². The monoisotopic (exact) mass is 505 g/mol. The van der Waals surface area contributed by atoms with Gasteiger partial charge in [-0.05, 0) is 36.6 Å². The maximum Gasteiger partial charge on any atom is 0.573 e. The first kappa shape index (κ1) is 25.5. The van der Waals surface area contributed by atoms with Crippen LogP contribution >= 0.6 is 0 Å². The Morgan fingerprint density at radius 1 is 0.917 bits per heavy atom. The highest BCUT2D eigenvalue weighted by Crippen LogP contribution is 2.33. The predicted octanol–water partition coefficient (Wildman–Crippen LogP) is 3.19. The van der Waals surface area contributed by atoms with Crippen molar-refractivity contribution in [2.45, 2.75) is 25.1 Å². The van der Waals surface area contributed by atoms with Crippen LogP contribution in [0.5, 0.6) is 5.75 Å². The number of hydrogen-bond acceptors (Lipinski definition) is 5. The smallest absolute Gasteiger partial charge is 0.406 e. The number of halogens is 3. The molecule has 2 aliphatic rings. The van der Waals surface area contributed by atoms with Gasteiger partial charge >= 0.3 is 6.36 Å². The van der Waals surface area contributed by atoms with E-state index < -0.39 is 35.8 Å². The number of carbonyl (C=O) groups excluding carboxylic acids is 3. The summed E-state index contributed by atoms with van der Waals surface area (Å²) in [5.41, 5.74) is 2.67.